The number of ether oxygens (including phenoxy) is 1. The molecule has 0 saturated heterocycles. The lowest BCUT2D eigenvalue weighted by atomic mass is 10.0. The summed E-state index contributed by atoms with van der Waals surface area (Å²) >= 11 is 0. The molecule has 3 amide bonds. The van der Waals surface area contributed by atoms with Gasteiger partial charge in [-0.2, -0.15) is 0 Å². The van der Waals surface area contributed by atoms with Crippen LogP contribution in [0.1, 0.15) is 19.4 Å². The van der Waals surface area contributed by atoms with Crippen molar-refractivity contribution >= 4 is 34.2 Å². The first kappa shape index (κ1) is 23.8. The predicted molar refractivity (Wildman–Crippen MR) is 129 cm³/mol. The average molecular weight is 448 g/mol. The highest BCUT2D eigenvalue weighted by Gasteiger charge is 2.24. The largest absolute Gasteiger partial charge is 0.484 e. The number of anilines is 1. The molecule has 7 nitrogen and oxygen atoms in total. The van der Waals surface area contributed by atoms with E-state index >= 15 is 0 Å². The minimum Gasteiger partial charge on any atom is -0.484 e. The van der Waals surface area contributed by atoms with Crippen LogP contribution in [0.2, 0.25) is 0 Å². The fraction of sp³-hybridized carbons (Fsp3) is 0.269. The van der Waals surface area contributed by atoms with E-state index in [0.717, 1.165) is 16.3 Å². The van der Waals surface area contributed by atoms with Crippen molar-refractivity contribution in [3.8, 4) is 5.75 Å². The summed E-state index contributed by atoms with van der Waals surface area (Å²) < 4.78 is 5.42. The first-order chi connectivity index (χ1) is 15.9. The van der Waals surface area contributed by atoms with Gasteiger partial charge < -0.3 is 20.7 Å². The van der Waals surface area contributed by atoms with E-state index in [1.165, 1.54) is 7.05 Å². The van der Waals surface area contributed by atoms with Crippen molar-refractivity contribution < 1.29 is 19.1 Å². The number of carbonyl (C=O) groups excluding carboxylic acids is 3. The van der Waals surface area contributed by atoms with Crippen molar-refractivity contribution in [2.75, 3.05) is 19.0 Å². The van der Waals surface area contributed by atoms with Crippen LogP contribution in [0.15, 0.2) is 66.7 Å². The molecule has 0 aliphatic heterocycles. The molecule has 0 saturated carbocycles. The molecule has 0 aliphatic carbocycles. The number of likely N-dealkylation sites (N-methyl/N-ethyl adjacent to an activating group) is 1. The van der Waals surface area contributed by atoms with Crippen molar-refractivity contribution in [3.05, 3.63) is 72.3 Å². The number of fused-ring (bicyclic) bond motifs is 1. The summed E-state index contributed by atoms with van der Waals surface area (Å²) in [6, 6.07) is 20.0. The van der Waals surface area contributed by atoms with Crippen molar-refractivity contribution in [3.63, 3.8) is 0 Å². The Labute approximate surface area is 193 Å². The standard InChI is InChI=1S/C26H29N3O4/c1-17(2)25(26(32)28-21-9-6-10-22(15-21)33-16-24(31)27-3)29-23(30)14-18-11-12-19-7-4-5-8-20(19)13-18/h4-13,15,17,25H,14,16H2,1-3H3,(H,27,31)(H,28,32)(H,29,30). The van der Waals surface area contributed by atoms with Crippen LogP contribution < -0.4 is 20.7 Å². The highest BCUT2D eigenvalue weighted by Crippen LogP contribution is 2.19. The van der Waals surface area contributed by atoms with E-state index in [4.69, 9.17) is 4.74 Å². The molecule has 7 heteroatoms. The van der Waals surface area contributed by atoms with Crippen LogP contribution in [0.4, 0.5) is 5.69 Å². The zero-order valence-corrected chi connectivity index (χ0v) is 19.1. The second-order valence-corrected chi connectivity index (χ2v) is 8.13. The van der Waals surface area contributed by atoms with Gasteiger partial charge in [-0.1, -0.05) is 62.4 Å². The van der Waals surface area contributed by atoms with Gasteiger partial charge in [0.05, 0.1) is 6.42 Å². The lowest BCUT2D eigenvalue weighted by Crippen LogP contribution is -2.47. The molecule has 0 fully saturated rings. The van der Waals surface area contributed by atoms with Crippen LogP contribution in [0.25, 0.3) is 10.8 Å². The molecule has 0 aliphatic rings. The van der Waals surface area contributed by atoms with Crippen LogP contribution in [0, 0.1) is 5.92 Å². The third kappa shape index (κ3) is 6.80. The van der Waals surface area contributed by atoms with Gasteiger partial charge in [0.25, 0.3) is 5.91 Å². The second kappa shape index (κ2) is 11.1. The molecule has 1 atom stereocenters. The first-order valence-electron chi connectivity index (χ1n) is 10.9. The first-order valence-corrected chi connectivity index (χ1v) is 10.9. The smallest absolute Gasteiger partial charge is 0.257 e. The molecule has 3 aromatic rings. The van der Waals surface area contributed by atoms with E-state index in [1.807, 2.05) is 56.3 Å². The molecule has 0 radical (unpaired) electrons. The number of benzene rings is 3. The van der Waals surface area contributed by atoms with E-state index in [9.17, 15) is 14.4 Å². The van der Waals surface area contributed by atoms with Crippen LogP contribution in [0.5, 0.6) is 5.75 Å². The van der Waals surface area contributed by atoms with Gasteiger partial charge in [-0.15, -0.1) is 0 Å². The molecule has 0 spiro atoms. The summed E-state index contributed by atoms with van der Waals surface area (Å²) in [5, 5.41) is 10.3. The highest BCUT2D eigenvalue weighted by molar-refractivity contribution is 5.98. The van der Waals surface area contributed by atoms with Crippen molar-refractivity contribution in [1.29, 1.82) is 0 Å². The number of hydrogen-bond donors (Lipinski definition) is 3. The summed E-state index contributed by atoms with van der Waals surface area (Å²) in [7, 11) is 1.53. The van der Waals surface area contributed by atoms with Gasteiger partial charge in [0.2, 0.25) is 11.8 Å². The van der Waals surface area contributed by atoms with Crippen LogP contribution >= 0.6 is 0 Å². The van der Waals surface area contributed by atoms with Crippen molar-refractivity contribution in [2.45, 2.75) is 26.3 Å². The van der Waals surface area contributed by atoms with Crippen LogP contribution in [-0.4, -0.2) is 37.4 Å². The van der Waals surface area contributed by atoms with Gasteiger partial charge in [0, 0.05) is 18.8 Å². The predicted octanol–water partition coefficient (Wildman–Crippen LogP) is 3.29. The Bertz CT molecular complexity index is 1140. The number of amides is 3. The molecule has 172 valence electrons. The number of hydrogen-bond acceptors (Lipinski definition) is 4. The van der Waals surface area contributed by atoms with Crippen LogP contribution in [0.3, 0.4) is 0 Å². The molecule has 1 unspecified atom stereocenters. The third-order valence-electron chi connectivity index (χ3n) is 5.19. The zero-order valence-electron chi connectivity index (χ0n) is 19.1. The third-order valence-corrected chi connectivity index (χ3v) is 5.19. The van der Waals surface area contributed by atoms with Gasteiger partial charge in [0.15, 0.2) is 6.61 Å². The molecule has 3 aromatic carbocycles. The van der Waals surface area contributed by atoms with Gasteiger partial charge in [-0.05, 0) is 34.4 Å². The Kier molecular flexibility index (Phi) is 8.02. The van der Waals surface area contributed by atoms with Crippen molar-refractivity contribution in [1.82, 2.24) is 10.6 Å². The molecule has 0 aromatic heterocycles. The highest BCUT2D eigenvalue weighted by atomic mass is 16.5. The van der Waals surface area contributed by atoms with Gasteiger partial charge in [-0.3, -0.25) is 14.4 Å². The Balaban J connectivity index is 1.62. The van der Waals surface area contributed by atoms with E-state index in [2.05, 4.69) is 16.0 Å². The SMILES string of the molecule is CNC(=O)COc1cccc(NC(=O)C(NC(=O)Cc2ccc3ccccc3c2)C(C)C)c1. The summed E-state index contributed by atoms with van der Waals surface area (Å²) in [6.45, 7) is 3.64. The molecule has 0 heterocycles. The van der Waals surface area contributed by atoms with Gasteiger partial charge in [0.1, 0.15) is 11.8 Å². The Hall–Kier alpha value is -3.87. The summed E-state index contributed by atoms with van der Waals surface area (Å²) in [4.78, 5) is 37.0. The molecule has 0 bridgehead atoms. The minimum atomic E-state index is -0.701. The quantitative estimate of drug-likeness (QED) is 0.469. The van der Waals surface area contributed by atoms with Gasteiger partial charge >= 0.3 is 0 Å². The van der Waals surface area contributed by atoms with Crippen LogP contribution in [-0.2, 0) is 20.8 Å². The number of nitrogens with one attached hydrogen (secondary N) is 3. The maximum Gasteiger partial charge on any atom is 0.257 e. The molecule has 3 N–H and O–H groups in total. The van der Waals surface area contributed by atoms with E-state index < -0.39 is 6.04 Å². The van der Waals surface area contributed by atoms with E-state index in [0.29, 0.717) is 11.4 Å². The fourth-order valence-electron chi connectivity index (χ4n) is 3.40. The molecular weight excluding hydrogens is 418 g/mol. The van der Waals surface area contributed by atoms with Gasteiger partial charge in [-0.25, -0.2) is 0 Å². The summed E-state index contributed by atoms with van der Waals surface area (Å²) in [5.74, 6) is -0.448. The molecular formula is C26H29N3O4. The average Bonchev–Trinajstić information content (AvgIpc) is 2.80. The number of carbonyl (C=O) groups is 3. The summed E-state index contributed by atoms with van der Waals surface area (Å²) in [5.41, 5.74) is 1.40. The van der Waals surface area contributed by atoms with Crippen molar-refractivity contribution in [2.24, 2.45) is 5.92 Å². The monoisotopic (exact) mass is 447 g/mol. The zero-order chi connectivity index (χ0) is 23.8. The lowest BCUT2D eigenvalue weighted by molar-refractivity contribution is -0.127. The number of rotatable bonds is 9. The minimum absolute atomic E-state index is 0.113. The fourth-order valence-corrected chi connectivity index (χ4v) is 3.40. The Morgan fingerprint density at radius 3 is 2.36 bits per heavy atom. The topological polar surface area (TPSA) is 96.5 Å². The second-order valence-electron chi connectivity index (χ2n) is 8.13. The summed E-state index contributed by atoms with van der Waals surface area (Å²) in [6.07, 6.45) is 0.185. The normalized spacial score (nSPS) is 11.6. The van der Waals surface area contributed by atoms with E-state index in [1.54, 1.807) is 24.3 Å². The molecule has 33 heavy (non-hydrogen) atoms. The van der Waals surface area contributed by atoms with E-state index in [-0.39, 0.29) is 36.7 Å². The molecule has 3 rings (SSSR count). The maximum absolute atomic E-state index is 12.9. The lowest BCUT2D eigenvalue weighted by Gasteiger charge is -2.22. The maximum atomic E-state index is 12.9. The Morgan fingerprint density at radius 1 is 0.879 bits per heavy atom. The Morgan fingerprint density at radius 2 is 1.64 bits per heavy atom.